The molecule has 9 aromatic rings. The van der Waals surface area contributed by atoms with Crippen LogP contribution in [0.25, 0.3) is 78.5 Å². The second kappa shape index (κ2) is 11.1. The van der Waals surface area contributed by atoms with Crippen LogP contribution in [0.3, 0.4) is 0 Å². The Bertz CT molecular complexity index is 2980. The average Bonchev–Trinajstić information content (AvgIpc) is 3.74. The highest BCUT2D eigenvalue weighted by atomic mass is 15.0. The number of fused-ring (bicyclic) bond motifs is 13. The summed E-state index contributed by atoms with van der Waals surface area (Å²) in [5, 5.41) is 2.29. The van der Waals surface area contributed by atoms with Gasteiger partial charge >= 0.3 is 0 Å². The van der Waals surface area contributed by atoms with Crippen molar-refractivity contribution in [2.45, 2.75) is 17.8 Å². The molecule has 2 aliphatic carbocycles. The van der Waals surface area contributed by atoms with Gasteiger partial charge in [-0.3, -0.25) is 0 Å². The highest BCUT2D eigenvalue weighted by Crippen LogP contribution is 2.64. The third-order valence-electron chi connectivity index (χ3n) is 12.2. The third kappa shape index (κ3) is 3.91. The summed E-state index contributed by atoms with van der Waals surface area (Å²) in [4.78, 5) is 10.5. The molecule has 1 spiro atoms. The molecule has 2 aromatic heterocycles. The first-order valence-corrected chi connectivity index (χ1v) is 18.9. The van der Waals surface area contributed by atoms with Crippen LogP contribution < -0.4 is 0 Å². The maximum absolute atomic E-state index is 5.32. The third-order valence-corrected chi connectivity index (χ3v) is 12.2. The molecule has 3 nitrogen and oxygen atoms in total. The summed E-state index contributed by atoms with van der Waals surface area (Å²) in [5.41, 5.74) is 18.2. The van der Waals surface area contributed by atoms with Gasteiger partial charge in [-0.2, -0.15) is 0 Å². The Kier molecular flexibility index (Phi) is 6.10. The van der Waals surface area contributed by atoms with Gasteiger partial charge in [0, 0.05) is 39.1 Å². The molecule has 1 atom stereocenters. The molecule has 0 saturated heterocycles. The lowest BCUT2D eigenvalue weighted by Gasteiger charge is -2.46. The maximum Gasteiger partial charge on any atom is 0.160 e. The molecule has 12 rings (SSSR count). The Balaban J connectivity index is 1.06. The summed E-state index contributed by atoms with van der Waals surface area (Å²) in [6.45, 7) is 0. The van der Waals surface area contributed by atoms with Crippen LogP contribution in [0.4, 0.5) is 0 Å². The first-order valence-electron chi connectivity index (χ1n) is 18.9. The van der Waals surface area contributed by atoms with Crippen LogP contribution in [0.5, 0.6) is 0 Å². The quantitative estimate of drug-likeness (QED) is 0.185. The van der Waals surface area contributed by atoms with Gasteiger partial charge in [0.05, 0.1) is 27.8 Å². The van der Waals surface area contributed by atoms with E-state index in [1.807, 2.05) is 0 Å². The van der Waals surface area contributed by atoms with Crippen molar-refractivity contribution >= 4 is 27.9 Å². The van der Waals surface area contributed by atoms with Crippen LogP contribution >= 0.6 is 0 Å². The lowest BCUT2D eigenvalue weighted by molar-refractivity contribution is 0.455. The van der Waals surface area contributed by atoms with Crippen molar-refractivity contribution in [2.24, 2.45) is 0 Å². The number of nitrogens with zero attached hydrogens (tertiary/aromatic N) is 3. The highest BCUT2D eigenvalue weighted by molar-refractivity contribution is 5.99. The van der Waals surface area contributed by atoms with E-state index < -0.39 is 0 Å². The molecule has 0 bridgehead atoms. The van der Waals surface area contributed by atoms with Gasteiger partial charge in [-0.25, -0.2) is 9.97 Å². The van der Waals surface area contributed by atoms with Crippen LogP contribution in [0, 0.1) is 0 Å². The fraction of sp³-hybridized carbons (Fsp3) is 0.0588. The van der Waals surface area contributed by atoms with Crippen molar-refractivity contribution in [1.29, 1.82) is 0 Å². The van der Waals surface area contributed by atoms with Crippen LogP contribution in [-0.4, -0.2) is 14.5 Å². The van der Waals surface area contributed by atoms with E-state index in [0.717, 1.165) is 40.0 Å². The fourth-order valence-corrected chi connectivity index (χ4v) is 10.1. The first kappa shape index (κ1) is 29.7. The van der Waals surface area contributed by atoms with Crippen molar-refractivity contribution in [3.63, 3.8) is 0 Å². The Labute approximate surface area is 313 Å². The van der Waals surface area contributed by atoms with Crippen LogP contribution in [0.2, 0.25) is 0 Å². The Hall–Kier alpha value is -6.84. The first-order chi connectivity index (χ1) is 26.8. The topological polar surface area (TPSA) is 30.7 Å². The van der Waals surface area contributed by atoms with E-state index in [0.29, 0.717) is 0 Å². The van der Waals surface area contributed by atoms with Gasteiger partial charge in [-0.05, 0) is 75.7 Å². The minimum absolute atomic E-state index is 0.232. The van der Waals surface area contributed by atoms with E-state index in [1.54, 1.807) is 0 Å². The average molecular weight is 688 g/mol. The summed E-state index contributed by atoms with van der Waals surface area (Å²) < 4.78 is 2.56. The second-order valence-corrected chi connectivity index (χ2v) is 14.8. The largest absolute Gasteiger partial charge is 0.312 e. The van der Waals surface area contributed by atoms with Gasteiger partial charge < -0.3 is 4.57 Å². The van der Waals surface area contributed by atoms with Crippen LogP contribution in [0.15, 0.2) is 176 Å². The molecule has 0 amide bonds. The number of rotatable bonds is 3. The van der Waals surface area contributed by atoms with Gasteiger partial charge in [0.1, 0.15) is 0 Å². The predicted molar refractivity (Wildman–Crippen MR) is 221 cm³/mol. The molecular weight excluding hydrogens is 655 g/mol. The van der Waals surface area contributed by atoms with Crippen molar-refractivity contribution in [1.82, 2.24) is 14.5 Å². The van der Waals surface area contributed by atoms with E-state index in [2.05, 4.69) is 187 Å². The van der Waals surface area contributed by atoms with E-state index in [-0.39, 0.29) is 11.3 Å². The molecule has 3 heterocycles. The summed E-state index contributed by atoms with van der Waals surface area (Å²) >= 11 is 0. The SMILES string of the molecule is C1=Cc2c3n(c4ccc(-c5nc(-c6ccc(-c7ccccc7)cc6)c6ccccc6n5)cc24)-c2ccccc2C2(c4ccccc4-c4ccccc42)C3C1. The van der Waals surface area contributed by atoms with Crippen molar-refractivity contribution in [3.05, 3.63) is 204 Å². The fourth-order valence-electron chi connectivity index (χ4n) is 10.1. The number of hydrogen-bond acceptors (Lipinski definition) is 2. The minimum Gasteiger partial charge on any atom is -0.312 e. The Morgan fingerprint density at radius 2 is 1.15 bits per heavy atom. The molecule has 1 unspecified atom stereocenters. The van der Waals surface area contributed by atoms with Gasteiger partial charge in [0.25, 0.3) is 0 Å². The van der Waals surface area contributed by atoms with E-state index in [1.165, 1.54) is 66.8 Å². The number of allylic oxidation sites excluding steroid dienone is 1. The van der Waals surface area contributed by atoms with E-state index in [9.17, 15) is 0 Å². The van der Waals surface area contributed by atoms with Crippen LogP contribution in [-0.2, 0) is 5.41 Å². The molecule has 0 N–H and O–H groups in total. The maximum atomic E-state index is 5.32. The molecule has 54 heavy (non-hydrogen) atoms. The molecule has 0 radical (unpaired) electrons. The monoisotopic (exact) mass is 687 g/mol. The summed E-state index contributed by atoms with van der Waals surface area (Å²) in [7, 11) is 0. The van der Waals surface area contributed by atoms with E-state index >= 15 is 0 Å². The van der Waals surface area contributed by atoms with Gasteiger partial charge in [0.2, 0.25) is 0 Å². The lowest BCUT2D eigenvalue weighted by Crippen LogP contribution is -2.40. The molecule has 0 fully saturated rings. The number of aromatic nitrogens is 3. The molecule has 0 saturated carbocycles. The normalized spacial score (nSPS) is 15.6. The van der Waals surface area contributed by atoms with Gasteiger partial charge in [-0.15, -0.1) is 0 Å². The zero-order valence-electron chi connectivity index (χ0n) is 29.4. The second-order valence-electron chi connectivity index (χ2n) is 14.8. The van der Waals surface area contributed by atoms with Gasteiger partial charge in [0.15, 0.2) is 5.82 Å². The Morgan fingerprint density at radius 3 is 1.94 bits per heavy atom. The zero-order valence-corrected chi connectivity index (χ0v) is 29.4. The minimum atomic E-state index is -0.289. The molecule has 252 valence electrons. The number of hydrogen-bond donors (Lipinski definition) is 0. The molecular formula is C51H33N3. The van der Waals surface area contributed by atoms with Crippen molar-refractivity contribution in [3.8, 4) is 50.6 Å². The van der Waals surface area contributed by atoms with Gasteiger partial charge in [-0.1, -0.05) is 152 Å². The van der Waals surface area contributed by atoms with Crippen molar-refractivity contribution in [2.75, 3.05) is 0 Å². The molecule has 1 aliphatic heterocycles. The number of para-hydroxylation sites is 2. The standard InChI is InChI=1S/C51H33N3/c1-2-13-32(14-3-1)33-25-27-34(28-26-33)48-39-17-6-10-23-45(39)52-50(53-48)35-29-30-46-40(31-35)38-18-12-22-44-49(38)54(46)47-24-11-9-21-43(47)51(44)41-19-7-4-15-36(41)37-16-5-8-20-42(37)51/h1-21,23-31,44H,22H2. The predicted octanol–water partition coefficient (Wildman–Crippen LogP) is 12.4. The van der Waals surface area contributed by atoms with E-state index in [4.69, 9.17) is 9.97 Å². The lowest BCUT2D eigenvalue weighted by atomic mass is 9.59. The molecule has 7 aromatic carbocycles. The number of benzene rings is 7. The zero-order chi connectivity index (χ0) is 35.4. The highest BCUT2D eigenvalue weighted by Gasteiger charge is 2.55. The summed E-state index contributed by atoms with van der Waals surface area (Å²) in [5.74, 6) is 0.969. The Morgan fingerprint density at radius 1 is 0.519 bits per heavy atom. The van der Waals surface area contributed by atoms with Crippen molar-refractivity contribution < 1.29 is 0 Å². The summed E-state index contributed by atoms with van der Waals surface area (Å²) in [6, 6.07) is 61.8. The molecule has 3 aliphatic rings. The summed E-state index contributed by atoms with van der Waals surface area (Å²) in [6.07, 6.45) is 5.74. The molecule has 3 heteroatoms. The smallest absolute Gasteiger partial charge is 0.160 e. The van der Waals surface area contributed by atoms with Crippen LogP contribution in [0.1, 0.15) is 40.3 Å².